The number of amides is 1. The van der Waals surface area contributed by atoms with E-state index >= 15 is 0 Å². The average Bonchev–Trinajstić information content (AvgIpc) is 3.03. The molecule has 0 aliphatic carbocycles. The highest BCUT2D eigenvalue weighted by molar-refractivity contribution is 5.77. The van der Waals surface area contributed by atoms with Gasteiger partial charge in [0, 0.05) is 7.05 Å². The topological polar surface area (TPSA) is 81.8 Å². The van der Waals surface area contributed by atoms with Crippen LogP contribution in [-0.4, -0.2) is 25.2 Å². The summed E-state index contributed by atoms with van der Waals surface area (Å²) in [6.45, 7) is 6.16. The van der Waals surface area contributed by atoms with Crippen LogP contribution < -0.4 is 10.9 Å². The Morgan fingerprint density at radius 1 is 1.22 bits per heavy atom. The number of nitrogens with one attached hydrogen (secondary N) is 1. The number of aromatic nitrogens is 4. The summed E-state index contributed by atoms with van der Waals surface area (Å²) in [5, 5.41) is 7.50. The molecule has 0 spiro atoms. The average molecular weight is 367 g/mol. The number of benzene rings is 1. The molecule has 1 atom stereocenters. The summed E-state index contributed by atoms with van der Waals surface area (Å²) < 4.78 is 2.85. The quantitative estimate of drug-likeness (QED) is 0.724. The highest BCUT2D eigenvalue weighted by Crippen LogP contribution is 2.22. The van der Waals surface area contributed by atoms with Gasteiger partial charge in [0.25, 0.3) is 5.56 Å². The van der Waals surface area contributed by atoms with Crippen LogP contribution in [0, 0.1) is 5.92 Å². The van der Waals surface area contributed by atoms with Crippen molar-refractivity contribution >= 4 is 16.9 Å². The Bertz CT molecular complexity index is 1000. The smallest absolute Gasteiger partial charge is 0.264 e. The Balaban J connectivity index is 1.78. The number of hydrogen-bond acceptors (Lipinski definition) is 4. The minimum atomic E-state index is -0.267. The first-order valence-electron chi connectivity index (χ1n) is 9.16. The lowest BCUT2D eigenvalue weighted by Crippen LogP contribution is -2.36. The summed E-state index contributed by atoms with van der Waals surface area (Å²) in [7, 11) is 1.73. The van der Waals surface area contributed by atoms with Crippen LogP contribution in [0.5, 0.6) is 0 Å². The normalized spacial score (nSPS) is 12.5. The van der Waals surface area contributed by atoms with E-state index in [1.165, 1.54) is 27.3 Å². The first-order valence-corrected chi connectivity index (χ1v) is 9.16. The van der Waals surface area contributed by atoms with Crippen molar-refractivity contribution < 1.29 is 4.79 Å². The number of carbonyl (C=O) groups excluding carboxylic acids is 1. The molecule has 0 saturated carbocycles. The maximum Gasteiger partial charge on any atom is 0.264 e. The van der Waals surface area contributed by atoms with Gasteiger partial charge < -0.3 is 5.32 Å². The highest BCUT2D eigenvalue weighted by atomic mass is 16.2. The highest BCUT2D eigenvalue weighted by Gasteiger charge is 2.19. The lowest BCUT2D eigenvalue weighted by atomic mass is 9.95. The van der Waals surface area contributed by atoms with Crippen LogP contribution in [0.2, 0.25) is 0 Å². The van der Waals surface area contributed by atoms with E-state index in [1.54, 1.807) is 7.05 Å². The molecule has 2 heterocycles. The van der Waals surface area contributed by atoms with Gasteiger partial charge in [-0.2, -0.15) is 5.10 Å². The van der Waals surface area contributed by atoms with E-state index in [1.807, 2.05) is 0 Å². The second kappa shape index (κ2) is 7.73. The predicted molar refractivity (Wildman–Crippen MR) is 104 cm³/mol. The lowest BCUT2D eigenvalue weighted by molar-refractivity contribution is -0.122. The molecule has 1 unspecified atom stereocenters. The molecule has 0 radical (unpaired) electrons. The van der Waals surface area contributed by atoms with Crippen LogP contribution in [0.3, 0.4) is 0 Å². The number of carbonyl (C=O) groups is 1. The van der Waals surface area contributed by atoms with Gasteiger partial charge in [-0.25, -0.2) is 4.98 Å². The number of aryl methyl sites for hydroxylation is 2. The van der Waals surface area contributed by atoms with Crippen molar-refractivity contribution in [3.8, 4) is 0 Å². The monoisotopic (exact) mass is 367 g/mol. The SMILES string of the molecule is CCc1ccc(C(NC(=O)Cn2cnc3c(cnn3C)c2=O)C(C)C)cc1. The van der Waals surface area contributed by atoms with Gasteiger partial charge in [-0.3, -0.25) is 18.8 Å². The molecule has 0 bridgehead atoms. The van der Waals surface area contributed by atoms with E-state index in [0.29, 0.717) is 11.0 Å². The van der Waals surface area contributed by atoms with Crippen molar-refractivity contribution in [2.45, 2.75) is 39.8 Å². The van der Waals surface area contributed by atoms with Crippen LogP contribution in [0.1, 0.15) is 37.9 Å². The Labute approximate surface area is 158 Å². The zero-order valence-electron chi connectivity index (χ0n) is 16.1. The Morgan fingerprint density at radius 3 is 2.56 bits per heavy atom. The summed E-state index contributed by atoms with van der Waals surface area (Å²) in [6.07, 6.45) is 3.85. The van der Waals surface area contributed by atoms with Gasteiger partial charge in [0.15, 0.2) is 5.65 Å². The van der Waals surface area contributed by atoms with E-state index in [-0.39, 0.29) is 30.0 Å². The number of nitrogens with zero attached hydrogens (tertiary/aromatic N) is 4. The van der Waals surface area contributed by atoms with Gasteiger partial charge in [0.2, 0.25) is 5.91 Å². The maximum atomic E-state index is 12.6. The third-order valence-corrected chi connectivity index (χ3v) is 4.76. The first kappa shape index (κ1) is 18.8. The molecule has 0 saturated heterocycles. The number of fused-ring (bicyclic) bond motifs is 1. The number of hydrogen-bond donors (Lipinski definition) is 1. The molecular formula is C20H25N5O2. The van der Waals surface area contributed by atoms with Crippen LogP contribution in [-0.2, 0) is 24.8 Å². The zero-order valence-corrected chi connectivity index (χ0v) is 16.1. The molecule has 3 aromatic rings. The standard InChI is InChI=1S/C20H25N5O2/c1-5-14-6-8-15(9-7-14)18(13(2)3)23-17(26)11-25-12-21-19-16(20(25)27)10-22-24(19)4/h6-10,12-13,18H,5,11H2,1-4H3,(H,23,26). The molecule has 1 N–H and O–H groups in total. The molecular weight excluding hydrogens is 342 g/mol. The summed E-state index contributed by atoms with van der Waals surface area (Å²) in [6, 6.07) is 8.16. The second-order valence-electron chi connectivity index (χ2n) is 7.07. The molecule has 7 nitrogen and oxygen atoms in total. The van der Waals surface area contributed by atoms with Gasteiger partial charge >= 0.3 is 0 Å². The van der Waals surface area contributed by atoms with Crippen molar-refractivity contribution in [1.29, 1.82) is 0 Å². The van der Waals surface area contributed by atoms with Gasteiger partial charge in [-0.1, -0.05) is 45.0 Å². The second-order valence-corrected chi connectivity index (χ2v) is 7.07. The van der Waals surface area contributed by atoms with Crippen LogP contribution >= 0.6 is 0 Å². The van der Waals surface area contributed by atoms with E-state index in [2.05, 4.69) is 60.4 Å². The molecule has 1 amide bonds. The fourth-order valence-electron chi connectivity index (χ4n) is 3.15. The molecule has 3 rings (SSSR count). The van der Waals surface area contributed by atoms with Gasteiger partial charge in [-0.05, 0) is 23.5 Å². The lowest BCUT2D eigenvalue weighted by Gasteiger charge is -2.23. The number of rotatable bonds is 6. The van der Waals surface area contributed by atoms with Gasteiger partial charge in [-0.15, -0.1) is 0 Å². The van der Waals surface area contributed by atoms with Crippen molar-refractivity contribution in [1.82, 2.24) is 24.6 Å². The summed E-state index contributed by atoms with van der Waals surface area (Å²) in [4.78, 5) is 29.4. The first-order chi connectivity index (χ1) is 12.9. The van der Waals surface area contributed by atoms with Crippen molar-refractivity contribution in [3.05, 3.63) is 58.3 Å². The Hall–Kier alpha value is -2.96. The molecule has 0 aliphatic rings. The van der Waals surface area contributed by atoms with Gasteiger partial charge in [0.05, 0.1) is 12.2 Å². The Kier molecular flexibility index (Phi) is 5.39. The molecule has 0 fully saturated rings. The largest absolute Gasteiger partial charge is 0.347 e. The molecule has 1 aromatic carbocycles. The third kappa shape index (κ3) is 3.92. The minimum Gasteiger partial charge on any atom is -0.347 e. The van der Waals surface area contributed by atoms with Crippen LogP contribution in [0.15, 0.2) is 41.6 Å². The molecule has 2 aromatic heterocycles. The fourth-order valence-corrected chi connectivity index (χ4v) is 3.15. The van der Waals surface area contributed by atoms with E-state index in [0.717, 1.165) is 12.0 Å². The van der Waals surface area contributed by atoms with E-state index in [4.69, 9.17) is 0 Å². The minimum absolute atomic E-state index is 0.0765. The summed E-state index contributed by atoms with van der Waals surface area (Å²) >= 11 is 0. The molecule has 27 heavy (non-hydrogen) atoms. The maximum absolute atomic E-state index is 12.6. The molecule has 0 aliphatic heterocycles. The van der Waals surface area contributed by atoms with Gasteiger partial charge in [0.1, 0.15) is 18.3 Å². The van der Waals surface area contributed by atoms with E-state index < -0.39 is 0 Å². The van der Waals surface area contributed by atoms with E-state index in [9.17, 15) is 9.59 Å². The summed E-state index contributed by atoms with van der Waals surface area (Å²) in [5.41, 5.74) is 2.56. The Morgan fingerprint density at radius 2 is 1.93 bits per heavy atom. The summed E-state index contributed by atoms with van der Waals surface area (Å²) in [5.74, 6) is -0.00233. The molecule has 142 valence electrons. The van der Waals surface area contributed by atoms with Crippen LogP contribution in [0.25, 0.3) is 11.0 Å². The fraction of sp³-hybridized carbons (Fsp3) is 0.400. The van der Waals surface area contributed by atoms with Crippen molar-refractivity contribution in [2.24, 2.45) is 13.0 Å². The van der Waals surface area contributed by atoms with Crippen molar-refractivity contribution in [2.75, 3.05) is 0 Å². The third-order valence-electron chi connectivity index (χ3n) is 4.76. The van der Waals surface area contributed by atoms with Crippen molar-refractivity contribution in [3.63, 3.8) is 0 Å². The molecule has 7 heteroatoms. The zero-order chi connectivity index (χ0) is 19.6. The predicted octanol–water partition coefficient (Wildman–Crippen LogP) is 2.21. The van der Waals surface area contributed by atoms with Crippen LogP contribution in [0.4, 0.5) is 0 Å².